The molecule has 1 aromatic rings. The molecule has 1 aromatic heterocycles. The Balaban J connectivity index is 2.04. The fraction of sp³-hybridized carbons (Fsp3) is 0.400. The minimum Gasteiger partial charge on any atom is -0.512 e. The molecule has 1 aliphatic rings. The third-order valence-electron chi connectivity index (χ3n) is 4.29. The van der Waals surface area contributed by atoms with Gasteiger partial charge in [-0.2, -0.15) is 10.1 Å². The lowest BCUT2D eigenvalue weighted by molar-refractivity contribution is 0.292. The van der Waals surface area contributed by atoms with Gasteiger partial charge in [-0.1, -0.05) is 49.8 Å². The summed E-state index contributed by atoms with van der Waals surface area (Å²) in [5.41, 5.74) is 2.54. The summed E-state index contributed by atoms with van der Waals surface area (Å²) in [6.07, 6.45) is 14.4. The van der Waals surface area contributed by atoms with Crippen LogP contribution >= 0.6 is 0 Å². The minimum atomic E-state index is -0.493. The van der Waals surface area contributed by atoms with Crippen molar-refractivity contribution in [1.82, 2.24) is 10.1 Å². The van der Waals surface area contributed by atoms with Crippen molar-refractivity contribution in [3.05, 3.63) is 69.2 Å². The Morgan fingerprint density at radius 1 is 1.28 bits per heavy atom. The first-order valence-corrected chi connectivity index (χ1v) is 8.47. The fourth-order valence-electron chi connectivity index (χ4n) is 2.85. The molecule has 5 nitrogen and oxygen atoms in total. The first kappa shape index (κ1) is 18.8. The van der Waals surface area contributed by atoms with Crippen molar-refractivity contribution in [2.45, 2.75) is 47.0 Å². The van der Waals surface area contributed by atoms with Crippen molar-refractivity contribution in [3.8, 4) is 0 Å². The molecule has 0 atom stereocenters. The summed E-state index contributed by atoms with van der Waals surface area (Å²) in [5.74, 6) is 0.768. The van der Waals surface area contributed by atoms with Crippen LogP contribution in [0.2, 0.25) is 0 Å². The van der Waals surface area contributed by atoms with Crippen LogP contribution in [0.4, 0.5) is 0 Å². The maximum absolute atomic E-state index is 10.9. The maximum Gasteiger partial charge on any atom is 0.377 e. The number of aliphatic hydroxyl groups excluding tert-OH is 1. The molecule has 0 unspecified atom stereocenters. The smallest absolute Gasteiger partial charge is 0.377 e. The molecule has 0 bridgehead atoms. The van der Waals surface area contributed by atoms with Crippen molar-refractivity contribution >= 4 is 6.08 Å². The van der Waals surface area contributed by atoms with E-state index in [0.717, 1.165) is 36.0 Å². The lowest BCUT2D eigenvalue weighted by Gasteiger charge is -2.31. The normalized spacial score (nSPS) is 19.4. The second-order valence-corrected chi connectivity index (χ2v) is 7.05. The number of nitrogens with one attached hydrogen (secondary N) is 1. The summed E-state index contributed by atoms with van der Waals surface area (Å²) >= 11 is 0. The third kappa shape index (κ3) is 5.48. The molecule has 1 aliphatic carbocycles. The van der Waals surface area contributed by atoms with E-state index >= 15 is 0 Å². The molecule has 0 saturated heterocycles. The van der Waals surface area contributed by atoms with Gasteiger partial charge in [0.1, 0.15) is 0 Å². The number of aromatic nitrogens is 2. The van der Waals surface area contributed by atoms with Gasteiger partial charge in [-0.3, -0.25) is 0 Å². The van der Waals surface area contributed by atoms with E-state index < -0.39 is 5.69 Å². The number of allylic oxidation sites excluding steroid dienone is 9. The van der Waals surface area contributed by atoms with E-state index in [9.17, 15) is 9.90 Å². The van der Waals surface area contributed by atoms with Crippen LogP contribution in [0.15, 0.2) is 62.2 Å². The zero-order chi connectivity index (χ0) is 18.4. The van der Waals surface area contributed by atoms with Crippen LogP contribution < -0.4 is 5.69 Å². The molecular formula is C20H26N2O3. The van der Waals surface area contributed by atoms with Crippen molar-refractivity contribution in [3.63, 3.8) is 0 Å². The third-order valence-corrected chi connectivity index (χ3v) is 4.29. The highest BCUT2D eigenvalue weighted by Gasteiger charge is 2.28. The zero-order valence-corrected chi connectivity index (χ0v) is 15.3. The Bertz CT molecular complexity index is 814. The molecule has 25 heavy (non-hydrogen) atoms. The molecule has 0 spiro atoms. The van der Waals surface area contributed by atoms with Gasteiger partial charge in [0.2, 0.25) is 0 Å². The van der Waals surface area contributed by atoms with Crippen LogP contribution in [-0.2, 0) is 0 Å². The number of H-pyrrole nitrogens is 1. The number of rotatable bonds is 5. The first-order chi connectivity index (χ1) is 11.8. The Labute approximate surface area is 148 Å². The molecule has 0 fully saturated rings. The number of hydrogen-bond donors (Lipinski definition) is 2. The zero-order valence-electron chi connectivity index (χ0n) is 15.3. The average Bonchev–Trinajstić information content (AvgIpc) is 2.91. The van der Waals surface area contributed by atoms with Gasteiger partial charge in [0.05, 0.1) is 5.76 Å². The van der Waals surface area contributed by atoms with Crippen LogP contribution in [0.3, 0.4) is 0 Å². The Morgan fingerprint density at radius 2 is 2.04 bits per heavy atom. The van der Waals surface area contributed by atoms with Gasteiger partial charge in [0, 0.05) is 12.5 Å². The van der Waals surface area contributed by atoms with Gasteiger partial charge in [0.25, 0.3) is 5.89 Å². The molecule has 0 aliphatic heterocycles. The molecule has 5 heteroatoms. The van der Waals surface area contributed by atoms with E-state index in [2.05, 4.69) is 24.0 Å². The molecule has 134 valence electrons. The van der Waals surface area contributed by atoms with Crippen molar-refractivity contribution in [2.24, 2.45) is 5.41 Å². The van der Waals surface area contributed by atoms with Crippen LogP contribution in [-0.4, -0.2) is 15.2 Å². The van der Waals surface area contributed by atoms with Gasteiger partial charge in [-0.15, -0.1) is 0 Å². The van der Waals surface area contributed by atoms with Crippen LogP contribution in [0, 0.1) is 5.41 Å². The van der Waals surface area contributed by atoms with Crippen molar-refractivity contribution < 1.29 is 9.63 Å². The summed E-state index contributed by atoms with van der Waals surface area (Å²) in [5, 5.41) is 12.3. The lowest BCUT2D eigenvalue weighted by atomic mass is 9.74. The van der Waals surface area contributed by atoms with E-state index in [-0.39, 0.29) is 11.3 Å². The molecule has 1 heterocycles. The van der Waals surface area contributed by atoms with Crippen LogP contribution in [0.1, 0.15) is 52.8 Å². The van der Waals surface area contributed by atoms with E-state index in [1.165, 1.54) is 0 Å². The maximum atomic E-state index is 10.9. The molecule has 0 saturated carbocycles. The summed E-state index contributed by atoms with van der Waals surface area (Å²) in [6, 6.07) is 0. The summed E-state index contributed by atoms with van der Waals surface area (Å²) in [4.78, 5) is 14.6. The highest BCUT2D eigenvalue weighted by Crippen LogP contribution is 2.40. The van der Waals surface area contributed by atoms with E-state index in [0.29, 0.717) is 5.76 Å². The molecule has 0 aromatic carbocycles. The molecule has 2 N–H and O–H groups in total. The lowest BCUT2D eigenvalue weighted by Crippen LogP contribution is -2.19. The number of hydrogen-bond acceptors (Lipinski definition) is 4. The van der Waals surface area contributed by atoms with Gasteiger partial charge in [-0.25, -0.2) is 4.79 Å². The van der Waals surface area contributed by atoms with E-state index in [1.54, 1.807) is 6.08 Å². The average molecular weight is 342 g/mol. The summed E-state index contributed by atoms with van der Waals surface area (Å²) < 4.78 is 4.88. The predicted molar refractivity (Wildman–Crippen MR) is 100 cm³/mol. The Morgan fingerprint density at radius 3 is 2.68 bits per heavy atom. The fourth-order valence-corrected chi connectivity index (χ4v) is 2.85. The molecule has 2 rings (SSSR count). The van der Waals surface area contributed by atoms with E-state index in [4.69, 9.17) is 4.52 Å². The quantitative estimate of drug-likeness (QED) is 0.750. The van der Waals surface area contributed by atoms with Gasteiger partial charge in [-0.05, 0) is 43.3 Å². The minimum absolute atomic E-state index is 0.0156. The first-order valence-electron chi connectivity index (χ1n) is 8.47. The van der Waals surface area contributed by atoms with Gasteiger partial charge in [0.15, 0.2) is 0 Å². The van der Waals surface area contributed by atoms with Crippen LogP contribution in [0.25, 0.3) is 6.08 Å². The van der Waals surface area contributed by atoms with Gasteiger partial charge >= 0.3 is 5.69 Å². The van der Waals surface area contributed by atoms with E-state index in [1.807, 2.05) is 44.2 Å². The topological polar surface area (TPSA) is 79.1 Å². The SMILES string of the molecule is CC(/C=C/C1=C(O)CCCC1(C)C)=C\C=C\C(C)=C\c1nc(=O)[nH]o1. The summed E-state index contributed by atoms with van der Waals surface area (Å²) in [7, 11) is 0. The molecule has 0 amide bonds. The second-order valence-electron chi connectivity index (χ2n) is 7.05. The van der Waals surface area contributed by atoms with Crippen molar-refractivity contribution in [2.75, 3.05) is 0 Å². The predicted octanol–water partition coefficient (Wildman–Crippen LogP) is 4.85. The Kier molecular flexibility index (Phi) is 6.02. The number of aliphatic hydroxyl groups is 1. The van der Waals surface area contributed by atoms with Crippen LogP contribution in [0.5, 0.6) is 0 Å². The monoisotopic (exact) mass is 342 g/mol. The van der Waals surface area contributed by atoms with Crippen molar-refractivity contribution in [1.29, 1.82) is 0 Å². The summed E-state index contributed by atoms with van der Waals surface area (Å²) in [6.45, 7) is 8.25. The molecular weight excluding hydrogens is 316 g/mol. The second kappa shape index (κ2) is 8.01. The van der Waals surface area contributed by atoms with Gasteiger partial charge < -0.3 is 9.63 Å². The Hall–Kier alpha value is -2.56. The standard InChI is InChI=1S/C20H26N2O3/c1-14(10-11-16-17(23)9-6-12-20(16,3)4)7-5-8-15(2)13-18-21-19(24)22-25-18/h5,7-8,10-11,13,23H,6,9,12H2,1-4H3,(H,22,24)/b8-5+,11-10+,14-7+,15-13+. The highest BCUT2D eigenvalue weighted by atomic mass is 16.5. The molecule has 0 radical (unpaired) electrons. The number of nitrogens with zero attached hydrogens (tertiary/aromatic N) is 1. The highest BCUT2D eigenvalue weighted by molar-refractivity contribution is 5.47. The number of aromatic amines is 1. The largest absolute Gasteiger partial charge is 0.512 e.